The number of piperazine rings is 2. The second-order valence-electron chi connectivity index (χ2n) is 9.82. The fourth-order valence-electron chi connectivity index (χ4n) is 5.96. The predicted molar refractivity (Wildman–Crippen MR) is 154 cm³/mol. The Balaban J connectivity index is 0.00000160. The Morgan fingerprint density at radius 1 is 0.676 bits per heavy atom. The highest BCUT2D eigenvalue weighted by Crippen LogP contribution is 2.37. The van der Waals surface area contributed by atoms with Gasteiger partial charge in [0.15, 0.2) is 0 Å². The third-order valence-corrected chi connectivity index (χ3v) is 7.57. The van der Waals surface area contributed by atoms with Crippen LogP contribution in [0.5, 0.6) is 0 Å². The first-order valence-corrected chi connectivity index (χ1v) is 12.9. The largest absolute Gasteiger partial charge is 0.314 e. The number of hydrogen-bond donors (Lipinski definition) is 2. The normalized spacial score (nSPS) is 21.7. The molecule has 0 bridgehead atoms. The molecule has 5 heterocycles. The number of aryl methyl sites for hydroxylation is 2. The molecule has 2 N–H and O–H groups in total. The number of likely N-dealkylation sites (tertiary alicyclic amines) is 1. The molecule has 0 saturated carbocycles. The molecule has 3 saturated heterocycles. The van der Waals surface area contributed by atoms with E-state index in [1.54, 1.807) is 0 Å². The Bertz CT molecular complexity index is 858. The summed E-state index contributed by atoms with van der Waals surface area (Å²) in [6.07, 6.45) is 6.41. The summed E-state index contributed by atoms with van der Waals surface area (Å²) < 4.78 is 0. The minimum Gasteiger partial charge on any atom is -0.314 e. The van der Waals surface area contributed by atoms with Crippen LogP contribution in [0.3, 0.4) is 0 Å². The molecule has 2 atom stereocenters. The van der Waals surface area contributed by atoms with E-state index in [1.165, 1.54) is 18.5 Å². The van der Waals surface area contributed by atoms with Gasteiger partial charge in [-0.3, -0.25) is 14.7 Å². The zero-order valence-electron chi connectivity index (χ0n) is 21.9. The molecule has 3 aliphatic heterocycles. The summed E-state index contributed by atoms with van der Waals surface area (Å²) in [4.78, 5) is 26.4. The van der Waals surface area contributed by atoms with Crippen LogP contribution in [-0.2, 0) is 0 Å². The van der Waals surface area contributed by atoms with E-state index in [1.807, 2.05) is 26.2 Å². The summed E-state index contributed by atoms with van der Waals surface area (Å²) in [5.74, 6) is 2.32. The van der Waals surface area contributed by atoms with Crippen molar-refractivity contribution in [2.75, 3.05) is 65.4 Å². The molecule has 2 aromatic rings. The van der Waals surface area contributed by atoms with Crippen molar-refractivity contribution in [3.8, 4) is 0 Å². The van der Waals surface area contributed by atoms with Gasteiger partial charge in [-0.05, 0) is 44.7 Å². The topological polar surface area (TPSA) is 85.3 Å². The quantitative estimate of drug-likeness (QED) is 0.540. The number of halogens is 3. The lowest BCUT2D eigenvalue weighted by molar-refractivity contribution is -0.00782. The van der Waals surface area contributed by atoms with Gasteiger partial charge in [-0.25, -0.2) is 19.9 Å². The molecule has 0 aliphatic carbocycles. The van der Waals surface area contributed by atoms with Gasteiger partial charge in [-0.1, -0.05) is 0 Å². The Morgan fingerprint density at radius 2 is 1.14 bits per heavy atom. The molecule has 9 nitrogen and oxygen atoms in total. The van der Waals surface area contributed by atoms with E-state index in [0.29, 0.717) is 12.0 Å². The number of aromatic nitrogens is 4. The highest BCUT2D eigenvalue weighted by molar-refractivity contribution is 5.86. The first-order chi connectivity index (χ1) is 16.7. The average Bonchev–Trinajstić information content (AvgIpc) is 2.87. The SMILES string of the molecule is Cc1nccc(C(C2CCN(C(c3ccnc(C)n3)N3CCNCC3)CC2)N2CCNCC2)n1.Cl.Cl.Cl. The summed E-state index contributed by atoms with van der Waals surface area (Å²) >= 11 is 0. The number of rotatable bonds is 6. The van der Waals surface area contributed by atoms with Crippen molar-refractivity contribution in [2.24, 2.45) is 5.92 Å². The lowest BCUT2D eigenvalue weighted by Crippen LogP contribution is -2.53. The Hall–Kier alpha value is -1.17. The van der Waals surface area contributed by atoms with Crippen molar-refractivity contribution in [3.05, 3.63) is 47.6 Å². The monoisotopic (exact) mass is 573 g/mol. The number of nitrogens with one attached hydrogen (secondary N) is 2. The maximum Gasteiger partial charge on any atom is 0.125 e. The molecule has 12 heteroatoms. The summed E-state index contributed by atoms with van der Waals surface area (Å²) in [5.41, 5.74) is 2.33. The third kappa shape index (κ3) is 7.92. The van der Waals surface area contributed by atoms with Crippen LogP contribution in [0.4, 0.5) is 0 Å². The van der Waals surface area contributed by atoms with Gasteiger partial charge < -0.3 is 10.6 Å². The molecule has 37 heavy (non-hydrogen) atoms. The Kier molecular flexibility index (Phi) is 13.4. The van der Waals surface area contributed by atoms with Crippen LogP contribution in [0.2, 0.25) is 0 Å². The van der Waals surface area contributed by atoms with E-state index in [4.69, 9.17) is 9.97 Å². The highest BCUT2D eigenvalue weighted by Gasteiger charge is 2.37. The van der Waals surface area contributed by atoms with E-state index < -0.39 is 0 Å². The van der Waals surface area contributed by atoms with Crippen LogP contribution < -0.4 is 10.6 Å². The molecule has 3 aliphatic rings. The highest BCUT2D eigenvalue weighted by atomic mass is 35.5. The molecular formula is C25H42Cl3N9. The number of piperidine rings is 1. The number of hydrogen-bond acceptors (Lipinski definition) is 9. The Labute approximate surface area is 239 Å². The zero-order valence-corrected chi connectivity index (χ0v) is 24.3. The molecule has 3 fully saturated rings. The van der Waals surface area contributed by atoms with Gasteiger partial charge in [-0.2, -0.15) is 0 Å². The van der Waals surface area contributed by atoms with Gasteiger partial charge in [0.05, 0.1) is 17.4 Å². The van der Waals surface area contributed by atoms with Crippen LogP contribution in [0.25, 0.3) is 0 Å². The van der Waals surface area contributed by atoms with E-state index in [9.17, 15) is 0 Å². The lowest BCUT2D eigenvalue weighted by atomic mass is 9.85. The average molecular weight is 575 g/mol. The first kappa shape index (κ1) is 32.0. The fraction of sp³-hybridized carbons (Fsp3) is 0.680. The smallest absolute Gasteiger partial charge is 0.125 e. The van der Waals surface area contributed by atoms with Crippen molar-refractivity contribution in [2.45, 2.75) is 38.9 Å². The van der Waals surface area contributed by atoms with Crippen molar-refractivity contribution >= 4 is 37.2 Å². The number of nitrogens with zero attached hydrogens (tertiary/aromatic N) is 7. The van der Waals surface area contributed by atoms with E-state index in [0.717, 1.165) is 82.8 Å². The van der Waals surface area contributed by atoms with Crippen LogP contribution >= 0.6 is 37.2 Å². The summed E-state index contributed by atoms with van der Waals surface area (Å²) in [5, 5.41) is 7.01. The van der Waals surface area contributed by atoms with Gasteiger partial charge >= 0.3 is 0 Å². The molecule has 2 unspecified atom stereocenters. The summed E-state index contributed by atoms with van der Waals surface area (Å²) in [6, 6.07) is 4.61. The standard InChI is InChI=1S/C25H39N9.3ClH/c1-19-28-7-3-22(30-19)24(32-15-9-26-10-16-32)21-5-13-33(14-6-21)25(34-17-11-27-12-18-34)23-4-8-29-20(2)31-23;;;/h3-4,7-8,21,24-27H,5-6,9-18H2,1-2H3;3*1H. The summed E-state index contributed by atoms with van der Waals surface area (Å²) in [7, 11) is 0. The van der Waals surface area contributed by atoms with Gasteiger partial charge in [0.2, 0.25) is 0 Å². The van der Waals surface area contributed by atoms with Crippen molar-refractivity contribution in [1.82, 2.24) is 45.3 Å². The molecule has 2 aromatic heterocycles. The predicted octanol–water partition coefficient (Wildman–Crippen LogP) is 2.41. The molecular weight excluding hydrogens is 533 g/mol. The molecule has 0 amide bonds. The zero-order chi connectivity index (χ0) is 23.3. The summed E-state index contributed by atoms with van der Waals surface area (Å²) in [6.45, 7) is 14.6. The maximum absolute atomic E-state index is 4.89. The minimum atomic E-state index is 0. The Morgan fingerprint density at radius 3 is 1.68 bits per heavy atom. The third-order valence-electron chi connectivity index (χ3n) is 7.57. The molecule has 0 radical (unpaired) electrons. The molecule has 0 spiro atoms. The van der Waals surface area contributed by atoms with E-state index in [2.05, 4.69) is 47.4 Å². The van der Waals surface area contributed by atoms with Gasteiger partial charge in [0, 0.05) is 77.8 Å². The minimum absolute atomic E-state index is 0. The van der Waals surface area contributed by atoms with Gasteiger partial charge in [0.1, 0.15) is 17.8 Å². The van der Waals surface area contributed by atoms with Crippen molar-refractivity contribution in [1.29, 1.82) is 0 Å². The lowest BCUT2D eigenvalue weighted by Gasteiger charge is -2.46. The first-order valence-electron chi connectivity index (χ1n) is 12.9. The molecule has 5 rings (SSSR count). The van der Waals surface area contributed by atoms with Crippen LogP contribution in [0, 0.1) is 19.8 Å². The second kappa shape index (κ2) is 15.4. The van der Waals surface area contributed by atoms with Gasteiger partial charge in [0.25, 0.3) is 0 Å². The maximum atomic E-state index is 4.89. The van der Waals surface area contributed by atoms with E-state index in [-0.39, 0.29) is 43.4 Å². The second-order valence-corrected chi connectivity index (χ2v) is 9.82. The van der Waals surface area contributed by atoms with Crippen LogP contribution in [0.1, 0.15) is 48.1 Å². The fourth-order valence-corrected chi connectivity index (χ4v) is 5.96. The van der Waals surface area contributed by atoms with Gasteiger partial charge in [-0.15, -0.1) is 37.2 Å². The van der Waals surface area contributed by atoms with Crippen molar-refractivity contribution < 1.29 is 0 Å². The van der Waals surface area contributed by atoms with E-state index >= 15 is 0 Å². The molecule has 0 aromatic carbocycles. The van der Waals surface area contributed by atoms with Crippen LogP contribution in [-0.4, -0.2) is 100 Å². The van der Waals surface area contributed by atoms with Crippen LogP contribution in [0.15, 0.2) is 24.5 Å². The molecule has 208 valence electrons. The van der Waals surface area contributed by atoms with Crippen molar-refractivity contribution in [3.63, 3.8) is 0 Å².